The van der Waals surface area contributed by atoms with Crippen LogP contribution in [-0.4, -0.2) is 38.2 Å². The lowest BCUT2D eigenvalue weighted by Gasteiger charge is -2.28. The van der Waals surface area contributed by atoms with Crippen LogP contribution in [0, 0.1) is 0 Å². The van der Waals surface area contributed by atoms with Crippen LogP contribution < -0.4 is 5.32 Å². The van der Waals surface area contributed by atoms with E-state index in [9.17, 15) is 9.90 Å². The van der Waals surface area contributed by atoms with Gasteiger partial charge in [-0.3, -0.25) is 4.79 Å². The largest absolute Gasteiger partial charge is 0.391 e. The van der Waals surface area contributed by atoms with Gasteiger partial charge < -0.3 is 10.4 Å². The molecule has 88 valence electrons. The Morgan fingerprint density at radius 2 is 2.31 bits per heavy atom. The predicted octanol–water partition coefficient (Wildman–Crippen LogP) is -0.302. The van der Waals surface area contributed by atoms with Gasteiger partial charge in [0, 0.05) is 6.20 Å². The van der Waals surface area contributed by atoms with E-state index >= 15 is 0 Å². The highest BCUT2D eigenvalue weighted by Crippen LogP contribution is 2.18. The van der Waals surface area contributed by atoms with Gasteiger partial charge in [-0.1, -0.05) is 18.1 Å². The molecule has 0 unspecified atom stereocenters. The fraction of sp³-hybridized carbons (Fsp3) is 0.700. The molecule has 1 aliphatic carbocycles. The first-order valence-corrected chi connectivity index (χ1v) is 5.57. The van der Waals surface area contributed by atoms with Crippen molar-refractivity contribution >= 4 is 5.91 Å². The van der Waals surface area contributed by atoms with Crippen molar-refractivity contribution < 1.29 is 9.90 Å². The van der Waals surface area contributed by atoms with Crippen molar-refractivity contribution in [1.29, 1.82) is 0 Å². The molecule has 0 saturated heterocycles. The zero-order valence-corrected chi connectivity index (χ0v) is 9.04. The second-order valence-corrected chi connectivity index (χ2v) is 4.13. The number of nitrogens with one attached hydrogen (secondary N) is 1. The van der Waals surface area contributed by atoms with Crippen molar-refractivity contribution in [1.82, 2.24) is 20.3 Å². The molecule has 0 aromatic carbocycles. The molecule has 1 aliphatic rings. The first-order chi connectivity index (χ1) is 7.75. The van der Waals surface area contributed by atoms with Crippen molar-refractivity contribution in [2.75, 3.05) is 0 Å². The lowest BCUT2D eigenvalue weighted by atomic mass is 9.92. The number of aliphatic hydroxyl groups is 1. The molecule has 0 aliphatic heterocycles. The molecule has 1 saturated carbocycles. The van der Waals surface area contributed by atoms with E-state index in [1.807, 2.05) is 0 Å². The van der Waals surface area contributed by atoms with Gasteiger partial charge in [0.1, 0.15) is 6.54 Å². The summed E-state index contributed by atoms with van der Waals surface area (Å²) in [6.45, 7) is 0.156. The first kappa shape index (κ1) is 11.1. The van der Waals surface area contributed by atoms with Crippen LogP contribution in [0.5, 0.6) is 0 Å². The molecule has 6 heteroatoms. The second-order valence-electron chi connectivity index (χ2n) is 4.13. The Hall–Kier alpha value is -1.43. The third kappa shape index (κ3) is 2.79. The fourth-order valence-electron chi connectivity index (χ4n) is 2.00. The lowest BCUT2D eigenvalue weighted by molar-refractivity contribution is -0.123. The summed E-state index contributed by atoms with van der Waals surface area (Å²) in [6, 6.07) is -0.107. The molecule has 1 aromatic heterocycles. The number of aromatic nitrogens is 3. The molecule has 2 N–H and O–H groups in total. The Balaban J connectivity index is 1.82. The van der Waals surface area contributed by atoms with Gasteiger partial charge in [-0.2, -0.15) is 0 Å². The zero-order chi connectivity index (χ0) is 11.4. The molecular formula is C10H16N4O2. The van der Waals surface area contributed by atoms with E-state index in [0.29, 0.717) is 0 Å². The summed E-state index contributed by atoms with van der Waals surface area (Å²) in [6.07, 6.45) is 6.48. The Morgan fingerprint density at radius 1 is 1.50 bits per heavy atom. The average Bonchev–Trinajstić information content (AvgIpc) is 2.74. The van der Waals surface area contributed by atoms with Crippen LogP contribution >= 0.6 is 0 Å². The second kappa shape index (κ2) is 5.07. The van der Waals surface area contributed by atoms with Crippen LogP contribution in [0.2, 0.25) is 0 Å². The van der Waals surface area contributed by atoms with E-state index in [-0.39, 0.29) is 18.5 Å². The summed E-state index contributed by atoms with van der Waals surface area (Å²) in [5, 5.41) is 19.9. The Morgan fingerprint density at radius 3 is 3.00 bits per heavy atom. The van der Waals surface area contributed by atoms with E-state index in [1.165, 1.54) is 10.9 Å². The fourth-order valence-corrected chi connectivity index (χ4v) is 2.00. The van der Waals surface area contributed by atoms with Crippen LogP contribution in [0.3, 0.4) is 0 Å². The topological polar surface area (TPSA) is 80.0 Å². The number of hydrogen-bond donors (Lipinski definition) is 2. The maximum atomic E-state index is 11.6. The number of nitrogens with zero attached hydrogens (tertiary/aromatic N) is 3. The number of hydrogen-bond acceptors (Lipinski definition) is 4. The van der Waals surface area contributed by atoms with Crippen molar-refractivity contribution in [3.05, 3.63) is 12.4 Å². The monoisotopic (exact) mass is 224 g/mol. The zero-order valence-electron chi connectivity index (χ0n) is 9.04. The van der Waals surface area contributed by atoms with Gasteiger partial charge in [0.25, 0.3) is 0 Å². The van der Waals surface area contributed by atoms with Gasteiger partial charge in [0.2, 0.25) is 5.91 Å². The number of amides is 1. The number of aliphatic hydroxyl groups excluding tert-OH is 1. The number of rotatable bonds is 3. The lowest BCUT2D eigenvalue weighted by Crippen LogP contribution is -2.46. The highest BCUT2D eigenvalue weighted by atomic mass is 16.3. The minimum Gasteiger partial charge on any atom is -0.391 e. The Labute approximate surface area is 93.6 Å². The number of carbonyl (C=O) groups is 1. The maximum absolute atomic E-state index is 11.6. The van der Waals surface area contributed by atoms with Crippen molar-refractivity contribution in [3.8, 4) is 0 Å². The molecular weight excluding hydrogens is 208 g/mol. The predicted molar refractivity (Wildman–Crippen MR) is 56.4 cm³/mol. The molecule has 0 spiro atoms. The van der Waals surface area contributed by atoms with Gasteiger partial charge in [0.05, 0.1) is 18.3 Å². The number of carbonyl (C=O) groups excluding carboxylic acids is 1. The minimum absolute atomic E-state index is 0.107. The molecule has 0 radical (unpaired) electrons. The summed E-state index contributed by atoms with van der Waals surface area (Å²) in [5.41, 5.74) is 0. The van der Waals surface area contributed by atoms with E-state index in [4.69, 9.17) is 0 Å². The molecule has 1 heterocycles. The van der Waals surface area contributed by atoms with Crippen LogP contribution in [0.1, 0.15) is 25.7 Å². The SMILES string of the molecule is O=C(Cn1ccnn1)N[C@@H]1CCCC[C@H]1O. The molecule has 0 bridgehead atoms. The molecule has 1 fully saturated rings. The quantitative estimate of drug-likeness (QED) is 0.738. The standard InChI is InChI=1S/C10H16N4O2/c15-9-4-2-1-3-8(9)12-10(16)7-14-6-5-11-13-14/h5-6,8-9,15H,1-4,7H2,(H,12,16)/t8-,9-/m1/s1. The highest BCUT2D eigenvalue weighted by Gasteiger charge is 2.24. The van der Waals surface area contributed by atoms with Crippen molar-refractivity contribution in [3.63, 3.8) is 0 Å². The van der Waals surface area contributed by atoms with Crippen molar-refractivity contribution in [2.24, 2.45) is 0 Å². The third-order valence-electron chi connectivity index (χ3n) is 2.85. The summed E-state index contributed by atoms with van der Waals surface area (Å²) in [5.74, 6) is -0.128. The van der Waals surface area contributed by atoms with Crippen LogP contribution in [0.4, 0.5) is 0 Å². The minimum atomic E-state index is -0.409. The first-order valence-electron chi connectivity index (χ1n) is 5.57. The van der Waals surface area contributed by atoms with Crippen LogP contribution in [-0.2, 0) is 11.3 Å². The maximum Gasteiger partial charge on any atom is 0.242 e. The van der Waals surface area contributed by atoms with Crippen LogP contribution in [0.25, 0.3) is 0 Å². The molecule has 1 amide bonds. The summed E-state index contributed by atoms with van der Waals surface area (Å²) >= 11 is 0. The van der Waals surface area contributed by atoms with E-state index in [2.05, 4.69) is 15.6 Å². The van der Waals surface area contributed by atoms with Gasteiger partial charge in [0.15, 0.2) is 0 Å². The van der Waals surface area contributed by atoms with E-state index in [1.54, 1.807) is 6.20 Å². The molecule has 1 aromatic rings. The summed E-state index contributed by atoms with van der Waals surface area (Å²) < 4.78 is 1.46. The normalized spacial score (nSPS) is 25.3. The van der Waals surface area contributed by atoms with Gasteiger partial charge >= 0.3 is 0 Å². The molecule has 6 nitrogen and oxygen atoms in total. The van der Waals surface area contributed by atoms with Crippen molar-refractivity contribution in [2.45, 2.75) is 44.4 Å². The Bertz CT molecular complexity index is 339. The van der Waals surface area contributed by atoms with E-state index in [0.717, 1.165) is 25.7 Å². The van der Waals surface area contributed by atoms with Gasteiger partial charge in [-0.15, -0.1) is 5.10 Å². The Kier molecular flexibility index (Phi) is 3.51. The average molecular weight is 224 g/mol. The van der Waals surface area contributed by atoms with Gasteiger partial charge in [-0.25, -0.2) is 4.68 Å². The molecule has 16 heavy (non-hydrogen) atoms. The van der Waals surface area contributed by atoms with Crippen LogP contribution in [0.15, 0.2) is 12.4 Å². The third-order valence-corrected chi connectivity index (χ3v) is 2.85. The van der Waals surface area contributed by atoms with E-state index < -0.39 is 6.10 Å². The molecule has 2 atom stereocenters. The summed E-state index contributed by atoms with van der Waals surface area (Å²) in [7, 11) is 0. The summed E-state index contributed by atoms with van der Waals surface area (Å²) in [4.78, 5) is 11.6. The smallest absolute Gasteiger partial charge is 0.242 e. The highest BCUT2D eigenvalue weighted by molar-refractivity contribution is 5.76. The molecule has 2 rings (SSSR count). The van der Waals surface area contributed by atoms with Gasteiger partial charge in [-0.05, 0) is 12.8 Å².